The molecule has 0 radical (unpaired) electrons. The van der Waals surface area contributed by atoms with Crippen LogP contribution in [-0.2, 0) is 16.4 Å². The summed E-state index contributed by atoms with van der Waals surface area (Å²) in [4.78, 5) is 7.06. The van der Waals surface area contributed by atoms with Crippen LogP contribution in [0, 0.1) is 0 Å². The van der Waals surface area contributed by atoms with E-state index < -0.39 is 10.0 Å². The van der Waals surface area contributed by atoms with Crippen LogP contribution in [0.1, 0.15) is 25.6 Å². The normalized spacial score (nSPS) is 21.3. The largest absolute Gasteiger partial charge is 0.392 e. The van der Waals surface area contributed by atoms with Crippen molar-refractivity contribution in [3.05, 3.63) is 12.0 Å². The first-order valence-corrected chi connectivity index (χ1v) is 7.66. The molecule has 100 valence electrons. The second kappa shape index (κ2) is 4.94. The third-order valence-corrected chi connectivity index (χ3v) is 5.15. The van der Waals surface area contributed by atoms with Crippen molar-refractivity contribution in [3.63, 3.8) is 0 Å². The van der Waals surface area contributed by atoms with Crippen molar-refractivity contribution < 1.29 is 8.42 Å². The van der Waals surface area contributed by atoms with E-state index in [0.717, 1.165) is 6.42 Å². The van der Waals surface area contributed by atoms with Gasteiger partial charge >= 0.3 is 0 Å². The molecule has 0 aromatic carbocycles. The summed E-state index contributed by atoms with van der Waals surface area (Å²) in [7, 11) is -3.57. The average Bonchev–Trinajstić information content (AvgIpc) is 2.98. The van der Waals surface area contributed by atoms with E-state index in [2.05, 4.69) is 9.97 Å². The van der Waals surface area contributed by atoms with Gasteiger partial charge in [0.15, 0.2) is 5.03 Å². The highest BCUT2D eigenvalue weighted by atomic mass is 32.2. The van der Waals surface area contributed by atoms with E-state index in [9.17, 15) is 8.42 Å². The fourth-order valence-electron chi connectivity index (χ4n) is 2.09. The van der Waals surface area contributed by atoms with Gasteiger partial charge in [-0.1, -0.05) is 19.1 Å². The van der Waals surface area contributed by atoms with Crippen LogP contribution >= 0.6 is 12.2 Å². The molecule has 0 amide bonds. The second-order valence-corrected chi connectivity index (χ2v) is 6.55. The molecule has 2 heterocycles. The van der Waals surface area contributed by atoms with Crippen molar-refractivity contribution in [2.24, 2.45) is 5.73 Å². The molecule has 0 aliphatic carbocycles. The van der Waals surface area contributed by atoms with Crippen molar-refractivity contribution in [2.75, 3.05) is 6.54 Å². The summed E-state index contributed by atoms with van der Waals surface area (Å²) in [6.07, 6.45) is 3.47. The fourth-order valence-corrected chi connectivity index (χ4v) is 4.01. The summed E-state index contributed by atoms with van der Waals surface area (Å²) in [5.41, 5.74) is 5.59. The number of aromatic amines is 1. The summed E-state index contributed by atoms with van der Waals surface area (Å²) < 4.78 is 26.2. The van der Waals surface area contributed by atoms with E-state index in [1.807, 2.05) is 6.92 Å². The van der Waals surface area contributed by atoms with E-state index in [-0.39, 0.29) is 16.1 Å². The number of thiocarbonyl (C=S) groups is 1. The third kappa shape index (κ3) is 2.27. The van der Waals surface area contributed by atoms with Gasteiger partial charge in [0.1, 0.15) is 5.82 Å². The Morgan fingerprint density at radius 2 is 2.44 bits per heavy atom. The van der Waals surface area contributed by atoms with Crippen molar-refractivity contribution >= 4 is 27.2 Å². The molecule has 1 aliphatic heterocycles. The number of hydrogen-bond donors (Lipinski definition) is 2. The van der Waals surface area contributed by atoms with E-state index in [4.69, 9.17) is 18.0 Å². The summed E-state index contributed by atoms with van der Waals surface area (Å²) in [5, 5.41) is 0.113. The topological polar surface area (TPSA) is 92.1 Å². The monoisotopic (exact) mass is 288 g/mol. The van der Waals surface area contributed by atoms with Crippen molar-refractivity contribution in [2.45, 2.75) is 37.3 Å². The molecule has 1 fully saturated rings. The SMILES string of the molecule is CCc1ncc(S(=O)(=O)N2CCCC2C(N)=S)[nH]1. The smallest absolute Gasteiger partial charge is 0.260 e. The van der Waals surface area contributed by atoms with Crippen molar-refractivity contribution in [1.82, 2.24) is 14.3 Å². The number of imidazole rings is 1. The van der Waals surface area contributed by atoms with Crippen LogP contribution in [0.4, 0.5) is 0 Å². The molecule has 1 atom stereocenters. The van der Waals surface area contributed by atoms with Crippen molar-refractivity contribution in [1.29, 1.82) is 0 Å². The highest BCUT2D eigenvalue weighted by Gasteiger charge is 2.37. The molecular formula is C10H16N4O2S2. The zero-order valence-corrected chi connectivity index (χ0v) is 11.7. The van der Waals surface area contributed by atoms with Gasteiger partial charge in [0.05, 0.1) is 17.2 Å². The summed E-state index contributed by atoms with van der Waals surface area (Å²) in [6.45, 7) is 2.35. The van der Waals surface area contributed by atoms with Crippen LogP contribution in [0.15, 0.2) is 11.2 Å². The molecule has 0 bridgehead atoms. The summed E-state index contributed by atoms with van der Waals surface area (Å²) >= 11 is 4.93. The maximum Gasteiger partial charge on any atom is 0.260 e. The lowest BCUT2D eigenvalue weighted by atomic mass is 10.2. The maximum atomic E-state index is 12.4. The number of nitrogens with two attached hydrogens (primary N) is 1. The zero-order valence-electron chi connectivity index (χ0n) is 10.1. The Morgan fingerprint density at radius 1 is 1.72 bits per heavy atom. The maximum absolute atomic E-state index is 12.4. The standard InChI is InChI=1S/C10H16N4O2S2/c1-2-8-12-6-9(13-8)18(15,16)14-5-3-4-7(14)10(11)17/h6-7H,2-5H2,1H3,(H2,11,17)(H,12,13). The first-order chi connectivity index (χ1) is 8.46. The lowest BCUT2D eigenvalue weighted by molar-refractivity contribution is 0.444. The van der Waals surface area contributed by atoms with Crippen LogP contribution in [0.5, 0.6) is 0 Å². The lowest BCUT2D eigenvalue weighted by Gasteiger charge is -2.21. The minimum atomic E-state index is -3.57. The van der Waals surface area contributed by atoms with Gasteiger partial charge in [0.2, 0.25) is 0 Å². The minimum absolute atomic E-state index is 0.113. The minimum Gasteiger partial charge on any atom is -0.392 e. The Hall–Kier alpha value is -0.990. The lowest BCUT2D eigenvalue weighted by Crippen LogP contribution is -2.42. The molecule has 18 heavy (non-hydrogen) atoms. The highest BCUT2D eigenvalue weighted by molar-refractivity contribution is 7.89. The quantitative estimate of drug-likeness (QED) is 0.783. The average molecular weight is 288 g/mol. The number of nitrogens with one attached hydrogen (secondary N) is 1. The molecule has 0 spiro atoms. The van der Waals surface area contributed by atoms with E-state index in [1.165, 1.54) is 10.5 Å². The van der Waals surface area contributed by atoms with Gasteiger partial charge in [-0.25, -0.2) is 13.4 Å². The number of hydrogen-bond acceptors (Lipinski definition) is 4. The summed E-state index contributed by atoms with van der Waals surface area (Å²) in [6, 6.07) is -0.377. The predicted octanol–water partition coefficient (Wildman–Crippen LogP) is 0.411. The first kappa shape index (κ1) is 13.4. The Labute approximate surface area is 112 Å². The van der Waals surface area contributed by atoms with Gasteiger partial charge in [-0.2, -0.15) is 4.31 Å². The molecule has 1 aromatic rings. The van der Waals surface area contributed by atoms with Gasteiger partial charge < -0.3 is 10.7 Å². The number of aryl methyl sites for hydroxylation is 1. The number of aromatic nitrogens is 2. The number of sulfonamides is 1. The molecule has 2 rings (SSSR count). The van der Waals surface area contributed by atoms with Gasteiger partial charge in [0, 0.05) is 13.0 Å². The van der Waals surface area contributed by atoms with Gasteiger partial charge in [0.25, 0.3) is 10.0 Å². The molecule has 8 heteroatoms. The van der Waals surface area contributed by atoms with Crippen LogP contribution in [0.3, 0.4) is 0 Å². The number of rotatable bonds is 4. The van der Waals surface area contributed by atoms with E-state index in [0.29, 0.717) is 25.2 Å². The predicted molar refractivity (Wildman–Crippen MR) is 71.7 cm³/mol. The zero-order chi connectivity index (χ0) is 13.3. The Balaban J connectivity index is 2.33. The molecular weight excluding hydrogens is 272 g/mol. The Kier molecular flexibility index (Phi) is 3.69. The van der Waals surface area contributed by atoms with Gasteiger partial charge in [-0.15, -0.1) is 0 Å². The van der Waals surface area contributed by atoms with Gasteiger partial charge in [-0.05, 0) is 12.8 Å². The molecule has 1 saturated heterocycles. The van der Waals surface area contributed by atoms with Crippen LogP contribution in [0.2, 0.25) is 0 Å². The molecule has 0 saturated carbocycles. The molecule has 3 N–H and O–H groups in total. The molecule has 1 aromatic heterocycles. The summed E-state index contributed by atoms with van der Waals surface area (Å²) in [5.74, 6) is 0.652. The number of nitrogens with zero attached hydrogens (tertiary/aromatic N) is 2. The van der Waals surface area contributed by atoms with Crippen LogP contribution in [-0.4, -0.2) is 40.3 Å². The highest BCUT2D eigenvalue weighted by Crippen LogP contribution is 2.25. The van der Waals surface area contributed by atoms with Crippen LogP contribution < -0.4 is 5.73 Å². The second-order valence-electron chi connectivity index (χ2n) is 4.22. The Bertz CT molecular complexity index is 552. The molecule has 1 aliphatic rings. The van der Waals surface area contributed by atoms with Gasteiger partial charge in [-0.3, -0.25) is 0 Å². The fraction of sp³-hybridized carbons (Fsp3) is 0.600. The third-order valence-electron chi connectivity index (χ3n) is 3.06. The van der Waals surface area contributed by atoms with E-state index in [1.54, 1.807) is 0 Å². The molecule has 1 unspecified atom stereocenters. The Morgan fingerprint density at radius 3 is 3.00 bits per heavy atom. The first-order valence-electron chi connectivity index (χ1n) is 5.82. The van der Waals surface area contributed by atoms with E-state index >= 15 is 0 Å². The molecule has 6 nitrogen and oxygen atoms in total. The van der Waals surface area contributed by atoms with Crippen molar-refractivity contribution in [3.8, 4) is 0 Å². The number of H-pyrrole nitrogens is 1. The van der Waals surface area contributed by atoms with Crippen LogP contribution in [0.25, 0.3) is 0 Å².